The Morgan fingerprint density at radius 3 is 2.40 bits per heavy atom. The lowest BCUT2D eigenvalue weighted by atomic mass is 10.2. The van der Waals surface area contributed by atoms with Crippen LogP contribution in [0.3, 0.4) is 0 Å². The van der Waals surface area contributed by atoms with Gasteiger partial charge in [-0.2, -0.15) is 0 Å². The smallest absolute Gasteiger partial charge is 0.225 e. The Morgan fingerprint density at radius 2 is 1.85 bits per heavy atom. The van der Waals surface area contributed by atoms with Crippen LogP contribution in [0.15, 0.2) is 12.4 Å². The SMILES string of the molecule is CC(C)CNCc1cnc(N2CC(C)OC(C)C2)nc1. The highest BCUT2D eigenvalue weighted by Crippen LogP contribution is 2.16. The quantitative estimate of drug-likeness (QED) is 0.890. The summed E-state index contributed by atoms with van der Waals surface area (Å²) in [6.45, 7) is 12.1. The molecule has 5 heteroatoms. The molecule has 1 N–H and O–H groups in total. The summed E-state index contributed by atoms with van der Waals surface area (Å²) in [6, 6.07) is 0. The van der Waals surface area contributed by atoms with E-state index in [9.17, 15) is 0 Å². The minimum Gasteiger partial charge on any atom is -0.372 e. The van der Waals surface area contributed by atoms with Gasteiger partial charge in [0.2, 0.25) is 5.95 Å². The lowest BCUT2D eigenvalue weighted by molar-refractivity contribution is -0.00572. The summed E-state index contributed by atoms with van der Waals surface area (Å²) in [4.78, 5) is 11.2. The van der Waals surface area contributed by atoms with Crippen LogP contribution in [0, 0.1) is 5.92 Å². The Balaban J connectivity index is 1.90. The minimum absolute atomic E-state index is 0.231. The van der Waals surface area contributed by atoms with Crippen LogP contribution >= 0.6 is 0 Å². The molecule has 2 unspecified atom stereocenters. The van der Waals surface area contributed by atoms with Gasteiger partial charge in [0, 0.05) is 37.6 Å². The molecule has 0 amide bonds. The molecule has 112 valence electrons. The van der Waals surface area contributed by atoms with E-state index in [0.29, 0.717) is 5.92 Å². The van der Waals surface area contributed by atoms with Crippen molar-refractivity contribution >= 4 is 5.95 Å². The van der Waals surface area contributed by atoms with Gasteiger partial charge in [0.05, 0.1) is 12.2 Å². The van der Waals surface area contributed by atoms with E-state index in [1.807, 2.05) is 12.4 Å². The normalized spacial score (nSPS) is 23.4. The van der Waals surface area contributed by atoms with Crippen LogP contribution in [-0.4, -0.2) is 41.8 Å². The maximum atomic E-state index is 5.73. The predicted molar refractivity (Wildman–Crippen MR) is 80.8 cm³/mol. The number of hydrogen-bond donors (Lipinski definition) is 1. The van der Waals surface area contributed by atoms with E-state index in [2.05, 4.69) is 47.9 Å². The van der Waals surface area contributed by atoms with Crippen LogP contribution in [0.25, 0.3) is 0 Å². The number of anilines is 1. The third kappa shape index (κ3) is 4.42. The maximum absolute atomic E-state index is 5.73. The van der Waals surface area contributed by atoms with Crippen molar-refractivity contribution in [3.63, 3.8) is 0 Å². The van der Waals surface area contributed by atoms with E-state index >= 15 is 0 Å². The van der Waals surface area contributed by atoms with Crippen molar-refractivity contribution < 1.29 is 4.74 Å². The van der Waals surface area contributed by atoms with Crippen LogP contribution in [0.2, 0.25) is 0 Å². The van der Waals surface area contributed by atoms with E-state index in [1.54, 1.807) is 0 Å². The number of rotatable bonds is 5. The van der Waals surface area contributed by atoms with Gasteiger partial charge in [-0.05, 0) is 26.3 Å². The van der Waals surface area contributed by atoms with Crippen molar-refractivity contribution in [1.82, 2.24) is 15.3 Å². The zero-order valence-corrected chi connectivity index (χ0v) is 13.0. The fourth-order valence-corrected chi connectivity index (χ4v) is 2.45. The molecule has 5 nitrogen and oxygen atoms in total. The zero-order valence-electron chi connectivity index (χ0n) is 13.0. The Hall–Kier alpha value is -1.20. The van der Waals surface area contributed by atoms with E-state index in [4.69, 9.17) is 4.74 Å². The summed E-state index contributed by atoms with van der Waals surface area (Å²) >= 11 is 0. The molecule has 0 bridgehead atoms. The Labute approximate surface area is 121 Å². The van der Waals surface area contributed by atoms with Gasteiger partial charge in [-0.25, -0.2) is 9.97 Å². The predicted octanol–water partition coefficient (Wildman–Crippen LogP) is 1.84. The first kappa shape index (κ1) is 15.2. The first-order valence-electron chi connectivity index (χ1n) is 7.46. The van der Waals surface area contributed by atoms with Gasteiger partial charge >= 0.3 is 0 Å². The van der Waals surface area contributed by atoms with Gasteiger partial charge < -0.3 is 15.0 Å². The number of nitrogens with zero attached hydrogens (tertiary/aromatic N) is 3. The standard InChI is InChI=1S/C15H26N4O/c1-11(2)5-16-6-14-7-17-15(18-8-14)19-9-12(3)20-13(4)10-19/h7-8,11-13,16H,5-6,9-10H2,1-4H3. The zero-order chi connectivity index (χ0) is 14.5. The summed E-state index contributed by atoms with van der Waals surface area (Å²) in [7, 11) is 0. The topological polar surface area (TPSA) is 50.3 Å². The molecule has 20 heavy (non-hydrogen) atoms. The van der Waals surface area contributed by atoms with Gasteiger partial charge in [-0.3, -0.25) is 0 Å². The van der Waals surface area contributed by atoms with Crippen molar-refractivity contribution in [2.45, 2.75) is 46.4 Å². The Bertz CT molecular complexity index is 397. The largest absolute Gasteiger partial charge is 0.372 e. The van der Waals surface area contributed by atoms with Crippen molar-refractivity contribution in [3.8, 4) is 0 Å². The number of ether oxygens (including phenoxy) is 1. The number of morpholine rings is 1. The number of hydrogen-bond acceptors (Lipinski definition) is 5. The van der Waals surface area contributed by atoms with Crippen molar-refractivity contribution in [1.29, 1.82) is 0 Å². The molecule has 2 rings (SSSR count). The van der Waals surface area contributed by atoms with Crippen LogP contribution in [0.4, 0.5) is 5.95 Å². The van der Waals surface area contributed by atoms with E-state index in [0.717, 1.165) is 37.7 Å². The van der Waals surface area contributed by atoms with Crippen molar-refractivity contribution in [2.75, 3.05) is 24.5 Å². The second-order valence-electron chi connectivity index (χ2n) is 6.08. The van der Waals surface area contributed by atoms with Crippen molar-refractivity contribution in [3.05, 3.63) is 18.0 Å². The minimum atomic E-state index is 0.231. The molecule has 1 saturated heterocycles. The van der Waals surface area contributed by atoms with Gasteiger partial charge in [-0.15, -0.1) is 0 Å². The van der Waals surface area contributed by atoms with Gasteiger partial charge in [0.1, 0.15) is 0 Å². The Kier molecular flexibility index (Phi) is 5.31. The highest BCUT2D eigenvalue weighted by Gasteiger charge is 2.23. The van der Waals surface area contributed by atoms with E-state index in [-0.39, 0.29) is 12.2 Å². The molecule has 1 fully saturated rings. The number of nitrogens with one attached hydrogen (secondary N) is 1. The molecule has 2 heterocycles. The highest BCUT2D eigenvalue weighted by atomic mass is 16.5. The fourth-order valence-electron chi connectivity index (χ4n) is 2.45. The molecule has 1 aromatic rings. The summed E-state index contributed by atoms with van der Waals surface area (Å²) in [5.41, 5.74) is 1.13. The second kappa shape index (κ2) is 6.99. The molecule has 0 spiro atoms. The van der Waals surface area contributed by atoms with Crippen LogP contribution in [0.5, 0.6) is 0 Å². The molecule has 2 atom stereocenters. The molecular weight excluding hydrogens is 252 g/mol. The number of aromatic nitrogens is 2. The average molecular weight is 278 g/mol. The van der Waals surface area contributed by atoms with Crippen molar-refractivity contribution in [2.24, 2.45) is 5.92 Å². The molecule has 0 aromatic carbocycles. The fraction of sp³-hybridized carbons (Fsp3) is 0.733. The van der Waals surface area contributed by atoms with Crippen LogP contribution in [0.1, 0.15) is 33.3 Å². The first-order valence-corrected chi connectivity index (χ1v) is 7.46. The molecule has 1 aromatic heterocycles. The molecule has 0 saturated carbocycles. The lowest BCUT2D eigenvalue weighted by Gasteiger charge is -2.35. The van der Waals surface area contributed by atoms with Crippen LogP contribution in [-0.2, 0) is 11.3 Å². The first-order chi connectivity index (χ1) is 9.54. The van der Waals surface area contributed by atoms with Gasteiger partial charge in [-0.1, -0.05) is 13.8 Å². The van der Waals surface area contributed by atoms with Crippen LogP contribution < -0.4 is 10.2 Å². The third-order valence-corrected chi connectivity index (χ3v) is 3.28. The summed E-state index contributed by atoms with van der Waals surface area (Å²) in [5, 5.41) is 3.40. The molecule has 1 aliphatic heterocycles. The average Bonchev–Trinajstić information content (AvgIpc) is 2.38. The van der Waals surface area contributed by atoms with Gasteiger partial charge in [0.25, 0.3) is 0 Å². The highest BCUT2D eigenvalue weighted by molar-refractivity contribution is 5.31. The van der Waals surface area contributed by atoms with E-state index in [1.165, 1.54) is 0 Å². The molecule has 0 radical (unpaired) electrons. The maximum Gasteiger partial charge on any atom is 0.225 e. The summed E-state index contributed by atoms with van der Waals surface area (Å²) < 4.78 is 5.73. The monoisotopic (exact) mass is 278 g/mol. The second-order valence-corrected chi connectivity index (χ2v) is 6.08. The molecular formula is C15H26N4O. The van der Waals surface area contributed by atoms with Gasteiger partial charge in [0.15, 0.2) is 0 Å². The summed E-state index contributed by atoms with van der Waals surface area (Å²) in [6.07, 6.45) is 4.30. The third-order valence-electron chi connectivity index (χ3n) is 3.28. The molecule has 0 aliphatic carbocycles. The Morgan fingerprint density at radius 1 is 1.25 bits per heavy atom. The van der Waals surface area contributed by atoms with E-state index < -0.39 is 0 Å². The lowest BCUT2D eigenvalue weighted by Crippen LogP contribution is -2.46. The molecule has 1 aliphatic rings. The summed E-state index contributed by atoms with van der Waals surface area (Å²) in [5.74, 6) is 1.46.